The molecule has 0 bridgehead atoms. The zero-order valence-corrected chi connectivity index (χ0v) is 12.9. The maximum absolute atomic E-state index is 13.0. The van der Waals surface area contributed by atoms with Crippen molar-refractivity contribution in [2.45, 2.75) is 30.2 Å². The van der Waals surface area contributed by atoms with Gasteiger partial charge in [-0.25, -0.2) is 17.8 Å². The minimum Gasteiger partial charge on any atom is -0.250 e. The molecule has 1 aliphatic rings. The van der Waals surface area contributed by atoms with Crippen LogP contribution in [-0.2, 0) is 16.4 Å². The van der Waals surface area contributed by atoms with E-state index >= 15 is 0 Å². The van der Waals surface area contributed by atoms with E-state index < -0.39 is 15.8 Å². The van der Waals surface area contributed by atoms with Crippen molar-refractivity contribution < 1.29 is 12.8 Å². The van der Waals surface area contributed by atoms with Crippen molar-refractivity contribution in [1.29, 1.82) is 0 Å². The van der Waals surface area contributed by atoms with Gasteiger partial charge in [-0.2, -0.15) is 4.31 Å². The first-order valence-corrected chi connectivity index (χ1v) is 9.05. The van der Waals surface area contributed by atoms with Crippen LogP contribution in [0.15, 0.2) is 40.7 Å². The summed E-state index contributed by atoms with van der Waals surface area (Å²) in [7, 11) is -3.56. The molecule has 0 unspecified atom stereocenters. The third kappa shape index (κ3) is 3.30. The highest BCUT2D eigenvalue weighted by Crippen LogP contribution is 2.32. The number of aromatic nitrogens is 1. The van der Waals surface area contributed by atoms with Gasteiger partial charge >= 0.3 is 0 Å². The molecule has 1 aromatic carbocycles. The quantitative estimate of drug-likeness (QED) is 0.820. The summed E-state index contributed by atoms with van der Waals surface area (Å²) in [6.07, 6.45) is 4.10. The molecule has 1 saturated carbocycles. The third-order valence-electron chi connectivity index (χ3n) is 3.40. The Kier molecular flexibility index (Phi) is 4.05. The fourth-order valence-electron chi connectivity index (χ4n) is 2.19. The number of nitrogens with zero attached hydrogens (tertiary/aromatic N) is 2. The Morgan fingerprint density at radius 3 is 2.57 bits per heavy atom. The van der Waals surface area contributed by atoms with Gasteiger partial charge in [-0.1, -0.05) is 0 Å². The van der Waals surface area contributed by atoms with E-state index in [1.165, 1.54) is 39.9 Å². The van der Waals surface area contributed by atoms with Crippen LogP contribution in [0.4, 0.5) is 4.39 Å². The van der Waals surface area contributed by atoms with E-state index in [1.54, 1.807) is 6.20 Å². The van der Waals surface area contributed by atoms with Crippen molar-refractivity contribution in [3.05, 3.63) is 46.7 Å². The van der Waals surface area contributed by atoms with Gasteiger partial charge in [0.15, 0.2) is 0 Å². The normalized spacial score (nSPS) is 15.5. The lowest BCUT2D eigenvalue weighted by atomic mass is 10.4. The summed E-state index contributed by atoms with van der Waals surface area (Å²) in [6.45, 7) is 0.415. The molecule has 2 aromatic rings. The summed E-state index contributed by atoms with van der Waals surface area (Å²) in [6, 6.07) is 5.07. The van der Waals surface area contributed by atoms with E-state index in [0.717, 1.165) is 17.8 Å². The molecule has 1 aliphatic carbocycles. The molecule has 0 N–H and O–H groups in total. The molecule has 112 valence electrons. The van der Waals surface area contributed by atoms with Gasteiger partial charge in [0.2, 0.25) is 10.0 Å². The van der Waals surface area contributed by atoms with Crippen molar-refractivity contribution in [3.63, 3.8) is 0 Å². The number of hydrogen-bond donors (Lipinski definition) is 0. The topological polar surface area (TPSA) is 50.3 Å². The van der Waals surface area contributed by atoms with Crippen molar-refractivity contribution in [2.24, 2.45) is 0 Å². The Morgan fingerprint density at radius 1 is 1.29 bits per heavy atom. The summed E-state index contributed by atoms with van der Waals surface area (Å²) in [4.78, 5) is 4.33. The first-order valence-electron chi connectivity index (χ1n) is 6.73. The number of sulfonamides is 1. The van der Waals surface area contributed by atoms with Crippen molar-refractivity contribution >= 4 is 21.4 Å². The van der Waals surface area contributed by atoms with Crippen LogP contribution in [0.25, 0.3) is 0 Å². The van der Waals surface area contributed by atoms with Gasteiger partial charge in [0.25, 0.3) is 0 Å². The number of halogens is 1. The second-order valence-corrected chi connectivity index (χ2v) is 7.85. The Hall–Kier alpha value is -1.31. The van der Waals surface area contributed by atoms with E-state index in [1.807, 2.05) is 5.38 Å². The molecule has 1 fully saturated rings. The van der Waals surface area contributed by atoms with E-state index in [0.29, 0.717) is 13.0 Å². The van der Waals surface area contributed by atoms with Gasteiger partial charge in [-0.3, -0.25) is 0 Å². The zero-order chi connectivity index (χ0) is 14.9. The highest BCUT2D eigenvalue weighted by atomic mass is 32.2. The summed E-state index contributed by atoms with van der Waals surface area (Å²) in [5, 5.41) is 2.81. The monoisotopic (exact) mass is 326 g/mol. The maximum Gasteiger partial charge on any atom is 0.243 e. The Bertz CT molecular complexity index is 695. The molecule has 0 saturated heterocycles. The molecule has 1 heterocycles. The van der Waals surface area contributed by atoms with Crippen LogP contribution in [-0.4, -0.2) is 30.3 Å². The van der Waals surface area contributed by atoms with Gasteiger partial charge in [0, 0.05) is 30.6 Å². The van der Waals surface area contributed by atoms with Crippen LogP contribution in [0.3, 0.4) is 0 Å². The average molecular weight is 326 g/mol. The lowest BCUT2D eigenvalue weighted by Gasteiger charge is -2.21. The van der Waals surface area contributed by atoms with Crippen molar-refractivity contribution in [1.82, 2.24) is 9.29 Å². The van der Waals surface area contributed by atoms with Crippen LogP contribution in [0, 0.1) is 5.82 Å². The predicted molar refractivity (Wildman–Crippen MR) is 79.1 cm³/mol. The maximum atomic E-state index is 13.0. The van der Waals surface area contributed by atoms with Crippen molar-refractivity contribution in [3.8, 4) is 0 Å². The summed E-state index contributed by atoms with van der Waals surface area (Å²) >= 11 is 1.52. The van der Waals surface area contributed by atoms with Gasteiger partial charge in [0.05, 0.1) is 9.90 Å². The fourth-order valence-corrected chi connectivity index (χ4v) is 4.48. The molecule has 0 radical (unpaired) electrons. The summed E-state index contributed by atoms with van der Waals surface area (Å²) in [5.74, 6) is -0.435. The van der Waals surface area contributed by atoms with Crippen molar-refractivity contribution in [2.75, 3.05) is 6.54 Å². The molecule has 7 heteroatoms. The van der Waals surface area contributed by atoms with E-state index in [9.17, 15) is 12.8 Å². The molecular weight excluding hydrogens is 311 g/mol. The number of thiazole rings is 1. The Morgan fingerprint density at radius 2 is 2.00 bits per heavy atom. The number of benzene rings is 1. The first kappa shape index (κ1) is 14.6. The fraction of sp³-hybridized carbons (Fsp3) is 0.357. The average Bonchev–Trinajstić information content (AvgIpc) is 3.14. The number of hydrogen-bond acceptors (Lipinski definition) is 4. The SMILES string of the molecule is O=S(=O)(c1ccc(F)cc1)N(CCc1nccs1)C1CC1. The predicted octanol–water partition coefficient (Wildman–Crippen LogP) is 2.68. The van der Waals surface area contributed by atoms with E-state index in [4.69, 9.17) is 0 Å². The van der Waals surface area contributed by atoms with Crippen LogP contribution in [0.5, 0.6) is 0 Å². The second-order valence-electron chi connectivity index (χ2n) is 4.98. The smallest absolute Gasteiger partial charge is 0.243 e. The Labute approximate surface area is 127 Å². The zero-order valence-electron chi connectivity index (χ0n) is 11.3. The molecule has 0 atom stereocenters. The number of rotatable bonds is 6. The Balaban J connectivity index is 1.80. The highest BCUT2D eigenvalue weighted by Gasteiger charge is 2.37. The molecule has 0 amide bonds. The van der Waals surface area contributed by atoms with Crippen LogP contribution >= 0.6 is 11.3 Å². The lowest BCUT2D eigenvalue weighted by Crippen LogP contribution is -2.35. The molecule has 0 spiro atoms. The molecule has 21 heavy (non-hydrogen) atoms. The molecule has 3 rings (SSSR count). The largest absolute Gasteiger partial charge is 0.250 e. The van der Waals surface area contributed by atoms with Crippen LogP contribution in [0.2, 0.25) is 0 Å². The van der Waals surface area contributed by atoms with Gasteiger partial charge < -0.3 is 0 Å². The first-order chi connectivity index (χ1) is 10.1. The van der Waals surface area contributed by atoms with Gasteiger partial charge in [-0.15, -0.1) is 11.3 Å². The molecule has 1 aromatic heterocycles. The molecule has 0 aliphatic heterocycles. The standard InChI is InChI=1S/C14H15FN2O2S2/c15-11-1-5-13(6-2-11)21(18,19)17(12-3-4-12)9-7-14-16-8-10-20-14/h1-2,5-6,8,10,12H,3-4,7,9H2. The van der Waals surface area contributed by atoms with E-state index in [2.05, 4.69) is 4.98 Å². The third-order valence-corrected chi connectivity index (χ3v) is 6.21. The van der Waals surface area contributed by atoms with Crippen LogP contribution in [0.1, 0.15) is 17.8 Å². The summed E-state index contributed by atoms with van der Waals surface area (Å²) < 4.78 is 39.8. The minimum atomic E-state index is -3.56. The van der Waals surface area contributed by atoms with Gasteiger partial charge in [-0.05, 0) is 37.1 Å². The van der Waals surface area contributed by atoms with E-state index in [-0.39, 0.29) is 10.9 Å². The van der Waals surface area contributed by atoms with Gasteiger partial charge in [0.1, 0.15) is 5.82 Å². The molecular formula is C14H15FN2O2S2. The highest BCUT2D eigenvalue weighted by molar-refractivity contribution is 7.89. The van der Waals surface area contributed by atoms with Crippen LogP contribution < -0.4 is 0 Å². The second kappa shape index (κ2) is 5.82. The molecule has 4 nitrogen and oxygen atoms in total. The lowest BCUT2D eigenvalue weighted by molar-refractivity contribution is 0.407. The minimum absolute atomic E-state index is 0.0695. The summed E-state index contributed by atoms with van der Waals surface area (Å²) in [5.41, 5.74) is 0.